The maximum atomic E-state index is 12.9. The summed E-state index contributed by atoms with van der Waals surface area (Å²) >= 11 is 0. The van der Waals surface area contributed by atoms with E-state index in [2.05, 4.69) is 35.3 Å². The first-order chi connectivity index (χ1) is 13.6. The first-order valence-electron chi connectivity index (χ1n) is 9.63. The van der Waals surface area contributed by atoms with Gasteiger partial charge in [-0.1, -0.05) is 36.4 Å². The van der Waals surface area contributed by atoms with Gasteiger partial charge in [0.1, 0.15) is 6.67 Å². The predicted octanol–water partition coefficient (Wildman–Crippen LogP) is 2.98. The van der Waals surface area contributed by atoms with Gasteiger partial charge < -0.3 is 10.0 Å². The molecule has 1 fully saturated rings. The monoisotopic (exact) mass is 375 g/mol. The average molecular weight is 375 g/mol. The highest BCUT2D eigenvalue weighted by molar-refractivity contribution is 5.96. The van der Waals surface area contributed by atoms with Crippen molar-refractivity contribution in [3.8, 4) is 5.75 Å². The van der Waals surface area contributed by atoms with E-state index in [0.717, 1.165) is 19.3 Å². The molecule has 2 bridgehead atoms. The first-order valence-corrected chi connectivity index (χ1v) is 9.63. The van der Waals surface area contributed by atoms with Crippen molar-refractivity contribution in [2.75, 3.05) is 18.2 Å². The van der Waals surface area contributed by atoms with E-state index in [9.17, 15) is 14.7 Å². The van der Waals surface area contributed by atoms with Crippen molar-refractivity contribution >= 4 is 16.7 Å². The second-order valence-corrected chi connectivity index (χ2v) is 7.49. The maximum absolute atomic E-state index is 12.9. The van der Waals surface area contributed by atoms with E-state index >= 15 is 0 Å². The number of hydrogen-bond donors (Lipinski definition) is 1. The van der Waals surface area contributed by atoms with Gasteiger partial charge in [-0.05, 0) is 41.7 Å². The fourth-order valence-corrected chi connectivity index (χ4v) is 4.35. The lowest BCUT2D eigenvalue weighted by atomic mass is 9.96. The van der Waals surface area contributed by atoms with Crippen LogP contribution in [0.1, 0.15) is 41.4 Å². The highest BCUT2D eigenvalue weighted by Crippen LogP contribution is 2.33. The van der Waals surface area contributed by atoms with Crippen LogP contribution in [0.5, 0.6) is 5.75 Å². The average Bonchev–Trinajstić information content (AvgIpc) is 2.70. The van der Waals surface area contributed by atoms with Crippen LogP contribution in [-0.2, 0) is 0 Å². The van der Waals surface area contributed by atoms with Crippen LogP contribution >= 0.6 is 0 Å². The molecule has 1 N–H and O–H groups in total. The molecule has 2 aliphatic rings. The van der Waals surface area contributed by atoms with Crippen LogP contribution in [0.4, 0.5) is 0 Å². The van der Waals surface area contributed by atoms with E-state index in [1.807, 2.05) is 12.1 Å². The van der Waals surface area contributed by atoms with E-state index < -0.39 is 11.2 Å². The number of carbonyl (C=O) groups is 1. The molecule has 142 valence electrons. The van der Waals surface area contributed by atoms with Gasteiger partial charge in [-0.3, -0.25) is 19.3 Å². The third kappa shape index (κ3) is 2.56. The number of carbonyl (C=O) groups excluding carboxylic acids is 1. The number of nitrogens with zero attached hydrogens (tertiary/aromatic N) is 3. The number of amides is 1. The Bertz CT molecular complexity index is 1140. The molecular weight excluding hydrogens is 354 g/mol. The van der Waals surface area contributed by atoms with E-state index in [4.69, 9.17) is 0 Å². The lowest BCUT2D eigenvalue weighted by Crippen LogP contribution is -2.56. The Balaban J connectivity index is 1.67. The Morgan fingerprint density at radius 3 is 2.64 bits per heavy atom. The van der Waals surface area contributed by atoms with E-state index in [1.54, 1.807) is 15.8 Å². The quantitative estimate of drug-likeness (QED) is 0.710. The molecule has 3 aromatic rings. The molecule has 0 aliphatic carbocycles. The van der Waals surface area contributed by atoms with E-state index in [0.29, 0.717) is 13.2 Å². The van der Waals surface area contributed by atoms with Crippen molar-refractivity contribution in [1.29, 1.82) is 0 Å². The number of benzene rings is 2. The zero-order chi connectivity index (χ0) is 19.3. The molecule has 2 aliphatic heterocycles. The normalized spacial score (nSPS) is 19.3. The van der Waals surface area contributed by atoms with Crippen LogP contribution in [0.25, 0.3) is 10.8 Å². The van der Waals surface area contributed by atoms with Crippen molar-refractivity contribution in [2.45, 2.75) is 25.3 Å². The zero-order valence-electron chi connectivity index (χ0n) is 15.4. The Hall–Kier alpha value is -3.28. The predicted molar refractivity (Wildman–Crippen MR) is 107 cm³/mol. The van der Waals surface area contributed by atoms with Crippen LogP contribution in [0.2, 0.25) is 0 Å². The molecule has 1 atom stereocenters. The van der Waals surface area contributed by atoms with Gasteiger partial charge >= 0.3 is 0 Å². The Kier molecular flexibility index (Phi) is 3.86. The van der Waals surface area contributed by atoms with Crippen molar-refractivity contribution in [1.82, 2.24) is 9.58 Å². The number of pyridine rings is 1. The van der Waals surface area contributed by atoms with Gasteiger partial charge in [0.2, 0.25) is 5.43 Å². The number of hydrogen-bond acceptors (Lipinski definition) is 4. The molecular formula is C22H21N3O3. The standard InChI is InChI=1S/C22H21N3O3/c26-19-10-12-24-20(21(19)27)22(28)23-11-4-3-7-18(25(24)14-23)17-9-8-15-5-1-2-6-16(15)13-17/h1-2,5-6,8-10,12-13,18,27H,3-4,7,11,14H2. The highest BCUT2D eigenvalue weighted by atomic mass is 16.3. The molecule has 1 aromatic heterocycles. The SMILES string of the molecule is O=C1c2c(O)c(=O)ccn2N2CN1CCCCC2c1ccc2ccccc2c1. The Morgan fingerprint density at radius 2 is 1.79 bits per heavy atom. The number of rotatable bonds is 1. The van der Waals surface area contributed by atoms with Gasteiger partial charge in [0.05, 0.1) is 6.04 Å². The lowest BCUT2D eigenvalue weighted by Gasteiger charge is -2.45. The van der Waals surface area contributed by atoms with Gasteiger partial charge in [-0.15, -0.1) is 0 Å². The van der Waals surface area contributed by atoms with Crippen LogP contribution in [-0.4, -0.2) is 33.8 Å². The smallest absolute Gasteiger partial charge is 0.277 e. The summed E-state index contributed by atoms with van der Waals surface area (Å²) in [6, 6.07) is 16.1. The lowest BCUT2D eigenvalue weighted by molar-refractivity contribution is 0.0654. The molecule has 0 spiro atoms. The van der Waals surface area contributed by atoms with Crippen molar-refractivity contribution in [3.63, 3.8) is 0 Å². The fraction of sp³-hybridized carbons (Fsp3) is 0.273. The van der Waals surface area contributed by atoms with Gasteiger partial charge in [0.25, 0.3) is 5.91 Å². The second-order valence-electron chi connectivity index (χ2n) is 7.49. The van der Waals surface area contributed by atoms with E-state index in [-0.39, 0.29) is 17.6 Å². The summed E-state index contributed by atoms with van der Waals surface area (Å²) in [7, 11) is 0. The minimum Gasteiger partial charge on any atom is -0.502 e. The summed E-state index contributed by atoms with van der Waals surface area (Å²) in [5.41, 5.74) is 0.700. The van der Waals surface area contributed by atoms with Crippen LogP contribution in [0, 0.1) is 0 Å². The summed E-state index contributed by atoms with van der Waals surface area (Å²) in [4.78, 5) is 26.5. The Labute approximate surface area is 162 Å². The number of fused-ring (bicyclic) bond motifs is 5. The van der Waals surface area contributed by atoms with Crippen LogP contribution < -0.4 is 10.4 Å². The molecule has 28 heavy (non-hydrogen) atoms. The van der Waals surface area contributed by atoms with Crippen molar-refractivity contribution in [3.05, 3.63) is 76.2 Å². The molecule has 0 saturated carbocycles. The summed E-state index contributed by atoms with van der Waals surface area (Å²) in [5.74, 6) is -0.759. The molecule has 2 aromatic carbocycles. The number of aromatic hydroxyl groups is 1. The third-order valence-electron chi connectivity index (χ3n) is 5.81. The van der Waals surface area contributed by atoms with Gasteiger partial charge in [-0.25, -0.2) is 0 Å². The third-order valence-corrected chi connectivity index (χ3v) is 5.81. The Morgan fingerprint density at radius 1 is 0.964 bits per heavy atom. The van der Waals surface area contributed by atoms with E-state index in [1.165, 1.54) is 22.4 Å². The molecule has 3 heterocycles. The minimum absolute atomic E-state index is 0.0427. The molecule has 6 heteroatoms. The number of aromatic nitrogens is 1. The van der Waals surface area contributed by atoms with Gasteiger partial charge in [0, 0.05) is 18.8 Å². The van der Waals surface area contributed by atoms with Crippen LogP contribution in [0.3, 0.4) is 0 Å². The van der Waals surface area contributed by atoms with Gasteiger partial charge in [-0.2, -0.15) is 0 Å². The summed E-state index contributed by atoms with van der Waals surface area (Å²) in [6.45, 7) is 1.06. The molecule has 0 radical (unpaired) electrons. The van der Waals surface area contributed by atoms with Gasteiger partial charge in [0.15, 0.2) is 11.4 Å². The summed E-state index contributed by atoms with van der Waals surface area (Å²) < 4.78 is 1.67. The first kappa shape index (κ1) is 16.9. The zero-order valence-corrected chi connectivity index (χ0v) is 15.4. The van der Waals surface area contributed by atoms with Crippen molar-refractivity contribution < 1.29 is 9.90 Å². The van der Waals surface area contributed by atoms with Crippen LogP contribution in [0.15, 0.2) is 59.5 Å². The molecule has 5 rings (SSSR count). The topological polar surface area (TPSA) is 65.8 Å². The molecule has 1 amide bonds. The highest BCUT2D eigenvalue weighted by Gasteiger charge is 2.36. The summed E-state index contributed by atoms with van der Waals surface area (Å²) in [6.07, 6.45) is 4.44. The largest absolute Gasteiger partial charge is 0.502 e. The van der Waals surface area contributed by atoms with Crippen molar-refractivity contribution in [2.24, 2.45) is 0 Å². The molecule has 6 nitrogen and oxygen atoms in total. The second kappa shape index (κ2) is 6.41. The fourth-order valence-electron chi connectivity index (χ4n) is 4.35. The maximum Gasteiger partial charge on any atom is 0.277 e. The summed E-state index contributed by atoms with van der Waals surface area (Å²) in [5, 5.41) is 14.8. The molecule has 1 unspecified atom stereocenters. The minimum atomic E-state index is -0.527. The molecule has 1 saturated heterocycles.